The number of rotatable bonds is 6. The summed E-state index contributed by atoms with van der Waals surface area (Å²) in [6.45, 7) is 10.6. The third-order valence-corrected chi connectivity index (χ3v) is 1.74. The zero-order chi connectivity index (χ0) is 10.1. The Morgan fingerprint density at radius 1 is 1.46 bits per heavy atom. The number of ether oxygens (including phenoxy) is 1. The second-order valence-corrected chi connectivity index (χ2v) is 2.99. The Hall–Kier alpha value is -0.980. The molecule has 0 amide bonds. The maximum absolute atomic E-state index is 5.54. The summed E-state index contributed by atoms with van der Waals surface area (Å²) >= 11 is 0. The van der Waals surface area contributed by atoms with Gasteiger partial charge >= 0.3 is 0 Å². The fourth-order valence-electron chi connectivity index (χ4n) is 0.826. The Labute approximate surface area is 81.8 Å². The number of unbranched alkanes of at least 4 members (excludes halogenated alkanes) is 1. The third kappa shape index (κ3) is 6.21. The van der Waals surface area contributed by atoms with Crippen LogP contribution in [-0.4, -0.2) is 6.61 Å². The summed E-state index contributed by atoms with van der Waals surface area (Å²) < 4.78 is 5.54. The Balaban J connectivity index is 3.98. The van der Waals surface area contributed by atoms with Crippen LogP contribution in [0.15, 0.2) is 36.1 Å². The minimum absolute atomic E-state index is 0.803. The molecule has 0 aromatic carbocycles. The molecule has 13 heavy (non-hydrogen) atoms. The summed E-state index contributed by atoms with van der Waals surface area (Å²) in [4.78, 5) is 0. The van der Waals surface area contributed by atoms with Gasteiger partial charge in [-0.25, -0.2) is 0 Å². The molecule has 0 rings (SSSR count). The molecule has 0 saturated heterocycles. The molecule has 0 aliphatic rings. The van der Waals surface area contributed by atoms with Gasteiger partial charge in [0.15, 0.2) is 0 Å². The van der Waals surface area contributed by atoms with Crippen LogP contribution in [0, 0.1) is 0 Å². The summed E-state index contributed by atoms with van der Waals surface area (Å²) in [6, 6.07) is 0. The highest BCUT2D eigenvalue weighted by molar-refractivity contribution is 5.23. The zero-order valence-corrected chi connectivity index (χ0v) is 8.97. The SMILES string of the molecule is C=C/C(C)=C\C(=C/C)OCCCC. The van der Waals surface area contributed by atoms with E-state index in [1.165, 1.54) is 6.42 Å². The summed E-state index contributed by atoms with van der Waals surface area (Å²) in [5.41, 5.74) is 1.13. The molecule has 0 bridgehead atoms. The average molecular weight is 180 g/mol. The van der Waals surface area contributed by atoms with Gasteiger partial charge in [0.2, 0.25) is 0 Å². The Morgan fingerprint density at radius 3 is 2.62 bits per heavy atom. The number of hydrogen-bond donors (Lipinski definition) is 0. The van der Waals surface area contributed by atoms with Crippen LogP contribution in [-0.2, 0) is 4.74 Å². The minimum Gasteiger partial charge on any atom is -0.494 e. The van der Waals surface area contributed by atoms with Gasteiger partial charge in [-0.3, -0.25) is 0 Å². The first-order chi connectivity index (χ1) is 6.24. The van der Waals surface area contributed by atoms with Crippen molar-refractivity contribution in [1.82, 2.24) is 0 Å². The van der Waals surface area contributed by atoms with Crippen molar-refractivity contribution in [2.75, 3.05) is 6.61 Å². The average Bonchev–Trinajstić information content (AvgIpc) is 2.16. The van der Waals surface area contributed by atoms with Crippen molar-refractivity contribution >= 4 is 0 Å². The zero-order valence-electron chi connectivity index (χ0n) is 8.97. The molecule has 0 fully saturated rings. The van der Waals surface area contributed by atoms with E-state index in [4.69, 9.17) is 4.74 Å². The summed E-state index contributed by atoms with van der Waals surface area (Å²) in [7, 11) is 0. The quantitative estimate of drug-likeness (QED) is 0.343. The molecule has 0 N–H and O–H groups in total. The largest absolute Gasteiger partial charge is 0.494 e. The Morgan fingerprint density at radius 2 is 2.15 bits per heavy atom. The maximum atomic E-state index is 5.54. The van der Waals surface area contributed by atoms with E-state index in [9.17, 15) is 0 Å². The number of hydrogen-bond acceptors (Lipinski definition) is 1. The van der Waals surface area contributed by atoms with Gasteiger partial charge in [-0.2, -0.15) is 0 Å². The van der Waals surface area contributed by atoms with E-state index in [-0.39, 0.29) is 0 Å². The van der Waals surface area contributed by atoms with Crippen molar-refractivity contribution in [3.05, 3.63) is 36.1 Å². The molecule has 0 atom stereocenters. The van der Waals surface area contributed by atoms with Crippen molar-refractivity contribution in [1.29, 1.82) is 0 Å². The first kappa shape index (κ1) is 12.0. The lowest BCUT2D eigenvalue weighted by molar-refractivity contribution is 0.218. The van der Waals surface area contributed by atoms with Crippen LogP contribution in [0.4, 0.5) is 0 Å². The molecule has 0 heterocycles. The summed E-state index contributed by atoms with van der Waals surface area (Å²) in [5, 5.41) is 0. The van der Waals surface area contributed by atoms with E-state index in [0.717, 1.165) is 24.4 Å². The molecule has 0 unspecified atom stereocenters. The number of allylic oxidation sites excluding steroid dienone is 4. The molecule has 74 valence electrons. The second-order valence-electron chi connectivity index (χ2n) is 2.99. The van der Waals surface area contributed by atoms with E-state index in [0.29, 0.717) is 0 Å². The van der Waals surface area contributed by atoms with Gasteiger partial charge in [0, 0.05) is 0 Å². The van der Waals surface area contributed by atoms with E-state index in [1.54, 1.807) is 0 Å². The summed E-state index contributed by atoms with van der Waals surface area (Å²) in [6.07, 6.45) is 8.08. The first-order valence-electron chi connectivity index (χ1n) is 4.84. The molecule has 0 radical (unpaired) electrons. The Kier molecular flexibility index (Phi) is 7.08. The monoisotopic (exact) mass is 180 g/mol. The predicted octanol–water partition coefficient (Wildman–Crippen LogP) is 3.84. The highest BCUT2D eigenvalue weighted by Crippen LogP contribution is 2.06. The molecule has 0 aromatic heterocycles. The van der Waals surface area contributed by atoms with Crippen molar-refractivity contribution < 1.29 is 4.74 Å². The highest BCUT2D eigenvalue weighted by Gasteiger charge is 1.92. The first-order valence-corrected chi connectivity index (χ1v) is 4.84. The van der Waals surface area contributed by atoms with Crippen LogP contribution >= 0.6 is 0 Å². The molecule has 0 spiro atoms. The van der Waals surface area contributed by atoms with Gasteiger partial charge in [0.1, 0.15) is 5.76 Å². The highest BCUT2D eigenvalue weighted by atomic mass is 16.5. The Bertz CT molecular complexity index is 199. The molecule has 0 saturated carbocycles. The van der Waals surface area contributed by atoms with Gasteiger partial charge < -0.3 is 4.74 Å². The topological polar surface area (TPSA) is 9.23 Å². The van der Waals surface area contributed by atoms with Gasteiger partial charge in [-0.1, -0.05) is 26.0 Å². The molecule has 0 aliphatic heterocycles. The van der Waals surface area contributed by atoms with Crippen LogP contribution < -0.4 is 0 Å². The van der Waals surface area contributed by atoms with Crippen molar-refractivity contribution in [2.24, 2.45) is 0 Å². The van der Waals surface area contributed by atoms with Crippen LogP contribution in [0.1, 0.15) is 33.6 Å². The fourth-order valence-corrected chi connectivity index (χ4v) is 0.826. The molecule has 0 aliphatic carbocycles. The fraction of sp³-hybridized carbons (Fsp3) is 0.500. The molecule has 1 heteroatoms. The van der Waals surface area contributed by atoms with Gasteiger partial charge in [-0.15, -0.1) is 0 Å². The summed E-state index contributed by atoms with van der Waals surface area (Å²) in [5.74, 6) is 0.936. The molecule has 1 nitrogen and oxygen atoms in total. The molecular weight excluding hydrogens is 160 g/mol. The standard InChI is InChI=1S/C12H20O/c1-5-8-9-13-12(7-3)10-11(4)6-2/h6-7,10H,2,5,8-9H2,1,3-4H3/b11-10-,12-7+. The molecular formula is C12H20O. The van der Waals surface area contributed by atoms with E-state index >= 15 is 0 Å². The van der Waals surface area contributed by atoms with Crippen molar-refractivity contribution in [2.45, 2.75) is 33.6 Å². The van der Waals surface area contributed by atoms with Crippen LogP contribution in [0.5, 0.6) is 0 Å². The van der Waals surface area contributed by atoms with Gasteiger partial charge in [0.25, 0.3) is 0 Å². The van der Waals surface area contributed by atoms with Gasteiger partial charge in [-0.05, 0) is 38.0 Å². The third-order valence-electron chi connectivity index (χ3n) is 1.74. The smallest absolute Gasteiger partial charge is 0.115 e. The molecule has 0 aromatic rings. The lowest BCUT2D eigenvalue weighted by Crippen LogP contribution is -1.92. The normalized spacial score (nSPS) is 12.8. The lowest BCUT2D eigenvalue weighted by Gasteiger charge is -2.05. The predicted molar refractivity (Wildman–Crippen MR) is 58.6 cm³/mol. The van der Waals surface area contributed by atoms with Gasteiger partial charge in [0.05, 0.1) is 6.61 Å². The maximum Gasteiger partial charge on any atom is 0.115 e. The second kappa shape index (κ2) is 7.66. The van der Waals surface area contributed by atoms with E-state index in [1.807, 2.05) is 32.1 Å². The van der Waals surface area contributed by atoms with Crippen molar-refractivity contribution in [3.63, 3.8) is 0 Å². The minimum atomic E-state index is 0.803. The van der Waals surface area contributed by atoms with E-state index < -0.39 is 0 Å². The van der Waals surface area contributed by atoms with E-state index in [2.05, 4.69) is 13.5 Å². The van der Waals surface area contributed by atoms with Crippen LogP contribution in [0.25, 0.3) is 0 Å². The van der Waals surface area contributed by atoms with Crippen LogP contribution in [0.3, 0.4) is 0 Å². The van der Waals surface area contributed by atoms with Crippen LogP contribution in [0.2, 0.25) is 0 Å². The van der Waals surface area contributed by atoms with Crippen molar-refractivity contribution in [3.8, 4) is 0 Å². The lowest BCUT2D eigenvalue weighted by atomic mass is 10.2.